The Morgan fingerprint density at radius 2 is 1.83 bits per heavy atom. The summed E-state index contributed by atoms with van der Waals surface area (Å²) in [6, 6.07) is 23.2. The number of carbonyl (C=O) groups excluding carboxylic acids is 1. The van der Waals surface area contributed by atoms with Gasteiger partial charge in [-0.25, -0.2) is 4.79 Å². The number of esters is 1. The SMILES string of the molecule is COC(=O)c1cc2cc(C[C@@H](C)NC[C@H](O)c3ccc(OCc4ccccc4)c(CO)c3)ccc2[nH]1. The standard InChI is InChI=1S/C29H32N2O5/c1-19(12-21-8-10-25-23(13-21)15-26(31-25)29(34)35-2)30-16-27(33)22-9-11-28(24(14-22)17-32)36-18-20-6-4-3-5-7-20/h3-11,13-15,19,27,30-33H,12,16-18H2,1-2H3/t19-,27+/m1/s1. The van der Waals surface area contributed by atoms with Crippen LogP contribution in [0.2, 0.25) is 0 Å². The first-order valence-electron chi connectivity index (χ1n) is 12.0. The summed E-state index contributed by atoms with van der Waals surface area (Å²) in [4.78, 5) is 14.8. The van der Waals surface area contributed by atoms with E-state index in [-0.39, 0.29) is 12.6 Å². The van der Waals surface area contributed by atoms with Crippen LogP contribution in [0.5, 0.6) is 5.75 Å². The van der Waals surface area contributed by atoms with Crippen LogP contribution in [0.25, 0.3) is 10.9 Å². The first kappa shape index (κ1) is 25.4. The molecular weight excluding hydrogens is 456 g/mol. The fraction of sp³-hybridized carbons (Fsp3) is 0.276. The Morgan fingerprint density at radius 3 is 2.58 bits per heavy atom. The summed E-state index contributed by atoms with van der Waals surface area (Å²) in [5, 5.41) is 24.9. The van der Waals surface area contributed by atoms with Gasteiger partial charge in [0.05, 0.1) is 19.8 Å². The number of hydrogen-bond donors (Lipinski definition) is 4. The highest BCUT2D eigenvalue weighted by atomic mass is 16.5. The van der Waals surface area contributed by atoms with Crippen molar-refractivity contribution in [2.75, 3.05) is 13.7 Å². The van der Waals surface area contributed by atoms with Gasteiger partial charge < -0.3 is 30.0 Å². The quantitative estimate of drug-likeness (QED) is 0.235. The predicted octanol–water partition coefficient (Wildman–Crippen LogP) is 4.28. The molecule has 0 saturated heterocycles. The van der Waals surface area contributed by atoms with E-state index in [1.54, 1.807) is 18.2 Å². The summed E-state index contributed by atoms with van der Waals surface area (Å²) in [5.74, 6) is 0.214. The van der Waals surface area contributed by atoms with Crippen molar-refractivity contribution < 1.29 is 24.5 Å². The number of aliphatic hydroxyl groups is 2. The van der Waals surface area contributed by atoms with Crippen molar-refractivity contribution in [2.24, 2.45) is 0 Å². The number of aliphatic hydroxyl groups excluding tert-OH is 2. The zero-order valence-corrected chi connectivity index (χ0v) is 20.5. The fourth-order valence-corrected chi connectivity index (χ4v) is 4.19. The van der Waals surface area contributed by atoms with Gasteiger partial charge in [-0.2, -0.15) is 0 Å². The van der Waals surface area contributed by atoms with E-state index in [2.05, 4.69) is 23.3 Å². The average Bonchev–Trinajstić information content (AvgIpc) is 3.34. The van der Waals surface area contributed by atoms with Crippen molar-refractivity contribution in [1.82, 2.24) is 10.3 Å². The van der Waals surface area contributed by atoms with Crippen molar-refractivity contribution in [1.29, 1.82) is 0 Å². The van der Waals surface area contributed by atoms with Gasteiger partial charge in [-0.1, -0.05) is 42.5 Å². The molecule has 0 fully saturated rings. The predicted molar refractivity (Wildman–Crippen MR) is 139 cm³/mol. The van der Waals surface area contributed by atoms with Crippen molar-refractivity contribution in [3.05, 3.63) is 101 Å². The molecule has 4 aromatic rings. The summed E-state index contributed by atoms with van der Waals surface area (Å²) in [6.07, 6.45) is 0.0333. The molecule has 0 aliphatic rings. The number of benzene rings is 3. The van der Waals surface area contributed by atoms with Gasteiger partial charge in [0.1, 0.15) is 18.1 Å². The molecule has 0 aliphatic heterocycles. The van der Waals surface area contributed by atoms with Gasteiger partial charge in [0.15, 0.2) is 0 Å². The van der Waals surface area contributed by atoms with Gasteiger partial charge in [-0.05, 0) is 60.4 Å². The molecule has 1 aromatic heterocycles. The van der Waals surface area contributed by atoms with Crippen molar-refractivity contribution in [3.63, 3.8) is 0 Å². The van der Waals surface area contributed by atoms with E-state index >= 15 is 0 Å². The lowest BCUT2D eigenvalue weighted by Gasteiger charge is -2.19. The van der Waals surface area contributed by atoms with Gasteiger partial charge in [0.2, 0.25) is 0 Å². The minimum Gasteiger partial charge on any atom is -0.489 e. The van der Waals surface area contributed by atoms with Gasteiger partial charge in [-0.3, -0.25) is 0 Å². The van der Waals surface area contributed by atoms with Gasteiger partial charge in [0, 0.05) is 29.1 Å². The molecule has 188 valence electrons. The number of ether oxygens (including phenoxy) is 2. The molecule has 7 nitrogen and oxygen atoms in total. The van der Waals surface area contributed by atoms with Crippen molar-refractivity contribution >= 4 is 16.9 Å². The molecule has 1 heterocycles. The number of H-pyrrole nitrogens is 1. The second kappa shape index (κ2) is 11.9. The molecule has 36 heavy (non-hydrogen) atoms. The Bertz CT molecular complexity index is 1300. The Kier molecular flexibility index (Phi) is 8.38. The van der Waals surface area contributed by atoms with Gasteiger partial charge >= 0.3 is 5.97 Å². The lowest BCUT2D eigenvalue weighted by Crippen LogP contribution is -2.32. The average molecular weight is 489 g/mol. The van der Waals surface area contributed by atoms with E-state index in [4.69, 9.17) is 9.47 Å². The normalized spacial score (nSPS) is 12.9. The number of aromatic nitrogens is 1. The Labute approximate surface area is 210 Å². The third kappa shape index (κ3) is 6.31. The van der Waals surface area contributed by atoms with E-state index in [0.29, 0.717) is 30.2 Å². The zero-order valence-electron chi connectivity index (χ0n) is 20.5. The molecule has 0 amide bonds. The smallest absolute Gasteiger partial charge is 0.354 e. The molecule has 4 rings (SSSR count). The second-order valence-corrected chi connectivity index (χ2v) is 8.92. The van der Waals surface area contributed by atoms with Crippen LogP contribution in [0.3, 0.4) is 0 Å². The third-order valence-electron chi connectivity index (χ3n) is 6.17. The molecular formula is C29H32N2O5. The van der Waals surface area contributed by atoms with Crippen LogP contribution in [0, 0.1) is 0 Å². The Balaban J connectivity index is 1.32. The Morgan fingerprint density at radius 1 is 1.03 bits per heavy atom. The van der Waals surface area contributed by atoms with Gasteiger partial charge in [0.25, 0.3) is 0 Å². The monoisotopic (exact) mass is 488 g/mol. The van der Waals surface area contributed by atoms with Crippen LogP contribution in [-0.2, 0) is 24.4 Å². The maximum Gasteiger partial charge on any atom is 0.354 e. The third-order valence-corrected chi connectivity index (χ3v) is 6.17. The summed E-state index contributed by atoms with van der Waals surface area (Å²) < 4.78 is 10.7. The van der Waals surface area contributed by atoms with E-state index in [0.717, 1.165) is 34.0 Å². The molecule has 0 spiro atoms. The molecule has 0 radical (unpaired) electrons. The summed E-state index contributed by atoms with van der Waals surface area (Å²) in [5.41, 5.74) is 4.83. The van der Waals surface area contributed by atoms with E-state index in [1.165, 1.54) is 7.11 Å². The van der Waals surface area contributed by atoms with Crippen LogP contribution in [-0.4, -0.2) is 40.9 Å². The van der Waals surface area contributed by atoms with Gasteiger partial charge in [-0.15, -0.1) is 0 Å². The lowest BCUT2D eigenvalue weighted by atomic mass is 10.0. The van der Waals surface area contributed by atoms with Crippen LogP contribution in [0.15, 0.2) is 72.8 Å². The minimum atomic E-state index is -0.726. The number of hydrogen-bond acceptors (Lipinski definition) is 6. The second-order valence-electron chi connectivity index (χ2n) is 8.92. The first-order chi connectivity index (χ1) is 17.5. The maximum absolute atomic E-state index is 11.8. The summed E-state index contributed by atoms with van der Waals surface area (Å²) in [7, 11) is 1.36. The molecule has 0 saturated carbocycles. The lowest BCUT2D eigenvalue weighted by molar-refractivity contribution is 0.0595. The topological polar surface area (TPSA) is 104 Å². The number of methoxy groups -OCH3 is 1. The van der Waals surface area contributed by atoms with Crippen LogP contribution >= 0.6 is 0 Å². The van der Waals surface area contributed by atoms with E-state index < -0.39 is 12.1 Å². The molecule has 3 aromatic carbocycles. The largest absolute Gasteiger partial charge is 0.489 e. The molecule has 7 heteroatoms. The minimum absolute atomic E-state index is 0.113. The highest BCUT2D eigenvalue weighted by molar-refractivity contribution is 5.94. The summed E-state index contributed by atoms with van der Waals surface area (Å²) in [6.45, 7) is 2.67. The zero-order chi connectivity index (χ0) is 25.5. The van der Waals surface area contributed by atoms with Crippen LogP contribution < -0.4 is 10.1 Å². The Hall–Kier alpha value is -3.65. The van der Waals surface area contributed by atoms with Crippen LogP contribution in [0.4, 0.5) is 0 Å². The first-order valence-corrected chi connectivity index (χ1v) is 12.0. The van der Waals surface area contributed by atoms with E-state index in [1.807, 2.05) is 48.5 Å². The number of rotatable bonds is 11. The fourth-order valence-electron chi connectivity index (χ4n) is 4.19. The number of fused-ring (bicyclic) bond motifs is 1. The highest BCUT2D eigenvalue weighted by Crippen LogP contribution is 2.25. The summed E-state index contributed by atoms with van der Waals surface area (Å²) >= 11 is 0. The number of carbonyl (C=O) groups is 1. The molecule has 0 aliphatic carbocycles. The molecule has 2 atom stereocenters. The van der Waals surface area contributed by atoms with Crippen molar-refractivity contribution in [2.45, 2.75) is 38.7 Å². The van der Waals surface area contributed by atoms with Crippen LogP contribution in [0.1, 0.15) is 45.8 Å². The number of aromatic amines is 1. The molecule has 4 N–H and O–H groups in total. The maximum atomic E-state index is 11.8. The number of nitrogens with one attached hydrogen (secondary N) is 2. The molecule has 0 bridgehead atoms. The highest BCUT2D eigenvalue weighted by Gasteiger charge is 2.14. The van der Waals surface area contributed by atoms with E-state index in [9.17, 15) is 15.0 Å². The van der Waals surface area contributed by atoms with Crippen molar-refractivity contribution in [3.8, 4) is 5.75 Å². The molecule has 0 unspecified atom stereocenters.